The van der Waals surface area contributed by atoms with E-state index in [2.05, 4.69) is 33.7 Å². The second-order valence-corrected chi connectivity index (χ2v) is 7.06. The minimum atomic E-state index is -0.250. The summed E-state index contributed by atoms with van der Waals surface area (Å²) in [5, 5.41) is 17.0. The van der Waals surface area contributed by atoms with Gasteiger partial charge in [0.25, 0.3) is 12.4 Å². The number of aromatic nitrogens is 2. The molecule has 0 unspecified atom stereocenters. The third kappa shape index (κ3) is 5.90. The first-order chi connectivity index (χ1) is 14.4. The molecule has 1 aromatic carbocycles. The van der Waals surface area contributed by atoms with Crippen molar-refractivity contribution in [3.63, 3.8) is 0 Å². The number of benzene rings is 1. The predicted molar refractivity (Wildman–Crippen MR) is 110 cm³/mol. The number of carbonyl (C=O) groups is 3. The second kappa shape index (κ2) is 11.1. The van der Waals surface area contributed by atoms with Gasteiger partial charge in [-0.05, 0) is 31.4 Å². The van der Waals surface area contributed by atoms with E-state index in [4.69, 9.17) is 14.6 Å². The van der Waals surface area contributed by atoms with Crippen LogP contribution in [0.3, 0.4) is 0 Å². The van der Waals surface area contributed by atoms with Crippen LogP contribution >= 0.6 is 0 Å². The number of methoxy groups -OCH3 is 1. The number of aromatic amines is 1. The number of carboxylic acid groups (broad SMARTS) is 1. The first kappa shape index (κ1) is 23.1. The largest absolute Gasteiger partial charge is 0.483 e. The number of nitrogens with one attached hydrogen (secondary N) is 2. The van der Waals surface area contributed by atoms with Crippen molar-refractivity contribution in [3.8, 4) is 0 Å². The van der Waals surface area contributed by atoms with Crippen molar-refractivity contribution in [2.75, 3.05) is 20.3 Å². The van der Waals surface area contributed by atoms with Crippen molar-refractivity contribution >= 4 is 18.3 Å². The molecule has 1 aliphatic rings. The monoisotopic (exact) mass is 416 g/mol. The molecule has 0 fully saturated rings. The summed E-state index contributed by atoms with van der Waals surface area (Å²) in [6.07, 6.45) is 0.986. The molecular weight excluding hydrogens is 388 g/mol. The van der Waals surface area contributed by atoms with E-state index < -0.39 is 0 Å². The van der Waals surface area contributed by atoms with Gasteiger partial charge < -0.3 is 20.1 Å². The summed E-state index contributed by atoms with van der Waals surface area (Å²) in [4.78, 5) is 34.9. The van der Waals surface area contributed by atoms with Crippen LogP contribution in [0.4, 0.5) is 0 Å². The number of fused-ring (bicyclic) bond motifs is 1. The van der Waals surface area contributed by atoms with E-state index in [0.29, 0.717) is 44.8 Å². The van der Waals surface area contributed by atoms with Crippen LogP contribution in [0.1, 0.15) is 44.9 Å². The van der Waals surface area contributed by atoms with Gasteiger partial charge in [-0.1, -0.05) is 23.8 Å². The summed E-state index contributed by atoms with van der Waals surface area (Å²) in [7, 11) is 1.58. The molecule has 2 amide bonds. The van der Waals surface area contributed by atoms with Crippen LogP contribution < -0.4 is 5.32 Å². The van der Waals surface area contributed by atoms with Gasteiger partial charge in [-0.25, -0.2) is 0 Å². The third-order valence-corrected chi connectivity index (χ3v) is 4.97. The molecule has 9 nitrogen and oxygen atoms in total. The van der Waals surface area contributed by atoms with E-state index in [1.807, 2.05) is 13.8 Å². The van der Waals surface area contributed by atoms with Crippen LogP contribution in [0.2, 0.25) is 0 Å². The molecule has 0 atom stereocenters. The fourth-order valence-corrected chi connectivity index (χ4v) is 3.32. The van der Waals surface area contributed by atoms with Crippen molar-refractivity contribution < 1.29 is 24.2 Å². The molecule has 0 radical (unpaired) electrons. The lowest BCUT2D eigenvalue weighted by molar-refractivity contribution is -0.133. The Bertz CT molecular complexity index is 894. The molecule has 9 heteroatoms. The Morgan fingerprint density at radius 3 is 2.80 bits per heavy atom. The number of rotatable bonds is 6. The van der Waals surface area contributed by atoms with Gasteiger partial charge >= 0.3 is 0 Å². The van der Waals surface area contributed by atoms with Crippen LogP contribution in [0.25, 0.3) is 0 Å². The SMILES string of the molecule is COCCC(=O)N1CCc2c(C(=O)NCc3cc(C)ccc3C)n[nH]c2C1.O=CO. The molecule has 0 aliphatic carbocycles. The molecule has 1 aromatic heterocycles. The number of H-pyrrole nitrogens is 1. The van der Waals surface area contributed by atoms with Gasteiger partial charge in [0, 0.05) is 25.8 Å². The lowest BCUT2D eigenvalue weighted by atomic mass is 10.0. The summed E-state index contributed by atoms with van der Waals surface area (Å²) < 4.78 is 4.97. The second-order valence-electron chi connectivity index (χ2n) is 7.06. The number of nitrogens with zero attached hydrogens (tertiary/aromatic N) is 2. The zero-order valence-electron chi connectivity index (χ0n) is 17.5. The molecule has 30 heavy (non-hydrogen) atoms. The zero-order chi connectivity index (χ0) is 22.1. The van der Waals surface area contributed by atoms with Gasteiger partial charge in [-0.15, -0.1) is 0 Å². The maximum atomic E-state index is 12.6. The minimum Gasteiger partial charge on any atom is -0.483 e. The average molecular weight is 416 g/mol. The van der Waals surface area contributed by atoms with E-state index in [9.17, 15) is 9.59 Å². The average Bonchev–Trinajstić information content (AvgIpc) is 3.16. The highest BCUT2D eigenvalue weighted by Gasteiger charge is 2.27. The maximum Gasteiger partial charge on any atom is 0.290 e. The van der Waals surface area contributed by atoms with Crippen molar-refractivity contribution in [2.45, 2.75) is 39.8 Å². The van der Waals surface area contributed by atoms with Crippen LogP contribution in [-0.4, -0.2) is 58.8 Å². The summed E-state index contributed by atoms with van der Waals surface area (Å²) in [5.41, 5.74) is 5.59. The number of hydrogen-bond acceptors (Lipinski definition) is 5. The molecule has 3 rings (SSSR count). The highest BCUT2D eigenvalue weighted by Crippen LogP contribution is 2.21. The first-order valence-electron chi connectivity index (χ1n) is 9.66. The smallest absolute Gasteiger partial charge is 0.290 e. The highest BCUT2D eigenvalue weighted by atomic mass is 16.5. The number of amides is 2. The van der Waals surface area contributed by atoms with Gasteiger partial charge in [0.2, 0.25) is 5.91 Å². The van der Waals surface area contributed by atoms with E-state index >= 15 is 0 Å². The lowest BCUT2D eigenvalue weighted by Crippen LogP contribution is -2.37. The fourth-order valence-electron chi connectivity index (χ4n) is 3.32. The number of ether oxygens (including phenoxy) is 1. The normalized spacial score (nSPS) is 12.4. The molecule has 2 heterocycles. The zero-order valence-corrected chi connectivity index (χ0v) is 17.5. The van der Waals surface area contributed by atoms with Crippen molar-refractivity contribution in [1.29, 1.82) is 0 Å². The Morgan fingerprint density at radius 1 is 1.37 bits per heavy atom. The van der Waals surface area contributed by atoms with Crippen LogP contribution in [-0.2, 0) is 33.8 Å². The molecule has 0 bridgehead atoms. The fraction of sp³-hybridized carbons (Fsp3) is 0.429. The Hall–Kier alpha value is -3.20. The summed E-state index contributed by atoms with van der Waals surface area (Å²) >= 11 is 0. The van der Waals surface area contributed by atoms with Crippen LogP contribution in [0, 0.1) is 13.8 Å². The van der Waals surface area contributed by atoms with Crippen molar-refractivity contribution in [3.05, 3.63) is 51.8 Å². The Kier molecular flexibility index (Phi) is 8.54. The number of carbonyl (C=O) groups excluding carboxylic acids is 2. The summed E-state index contributed by atoms with van der Waals surface area (Å²) in [6.45, 7) is 5.75. The Labute approximate surface area is 175 Å². The van der Waals surface area contributed by atoms with Gasteiger partial charge in [-0.3, -0.25) is 19.5 Å². The molecule has 0 saturated carbocycles. The van der Waals surface area contributed by atoms with Gasteiger partial charge in [0.05, 0.1) is 25.3 Å². The van der Waals surface area contributed by atoms with Gasteiger partial charge in [0.15, 0.2) is 5.69 Å². The molecular formula is C21H28N4O5. The van der Waals surface area contributed by atoms with E-state index in [-0.39, 0.29) is 18.3 Å². The standard InChI is InChI=1S/C20H26N4O3.CH2O2/c1-13-4-5-14(2)15(10-13)11-21-20(26)19-16-6-8-24(12-17(16)22-23-19)18(25)7-9-27-3;2-1-3/h4-5,10H,6-9,11-12H2,1-3H3,(H,21,26)(H,22,23);1H,(H,2,3). The number of aryl methyl sites for hydroxylation is 2. The lowest BCUT2D eigenvalue weighted by Gasteiger charge is -2.26. The minimum absolute atomic E-state index is 0.0537. The molecule has 2 aromatic rings. The topological polar surface area (TPSA) is 125 Å². The molecule has 162 valence electrons. The van der Waals surface area contributed by atoms with E-state index in [0.717, 1.165) is 22.4 Å². The quantitative estimate of drug-likeness (QED) is 0.614. The van der Waals surface area contributed by atoms with Crippen molar-refractivity contribution in [2.24, 2.45) is 0 Å². The maximum absolute atomic E-state index is 12.6. The Morgan fingerprint density at radius 2 is 2.10 bits per heavy atom. The first-order valence-corrected chi connectivity index (χ1v) is 9.66. The van der Waals surface area contributed by atoms with E-state index in [1.54, 1.807) is 12.0 Å². The van der Waals surface area contributed by atoms with Crippen LogP contribution in [0.15, 0.2) is 18.2 Å². The predicted octanol–water partition coefficient (Wildman–Crippen LogP) is 1.58. The molecule has 0 spiro atoms. The molecule has 3 N–H and O–H groups in total. The van der Waals surface area contributed by atoms with Crippen molar-refractivity contribution in [1.82, 2.24) is 20.4 Å². The van der Waals surface area contributed by atoms with Crippen LogP contribution in [0.5, 0.6) is 0 Å². The Balaban J connectivity index is 0.00000101. The highest BCUT2D eigenvalue weighted by molar-refractivity contribution is 5.94. The molecule has 0 saturated heterocycles. The number of hydrogen-bond donors (Lipinski definition) is 3. The van der Waals surface area contributed by atoms with E-state index in [1.165, 1.54) is 5.56 Å². The summed E-state index contributed by atoms with van der Waals surface area (Å²) in [6, 6.07) is 6.20. The summed E-state index contributed by atoms with van der Waals surface area (Å²) in [5.74, 6) is -0.134. The third-order valence-electron chi connectivity index (χ3n) is 4.97. The van der Waals surface area contributed by atoms with Gasteiger partial charge in [0.1, 0.15) is 0 Å². The molecule has 1 aliphatic heterocycles. The van der Waals surface area contributed by atoms with Gasteiger partial charge in [-0.2, -0.15) is 5.10 Å².